The minimum Gasteiger partial charge on any atom is -0.481 e. The minimum absolute atomic E-state index is 0.304. The number of carboxylic acid groups (broad SMARTS) is 1. The predicted molar refractivity (Wildman–Crippen MR) is 98.8 cm³/mol. The summed E-state index contributed by atoms with van der Waals surface area (Å²) >= 11 is 11.8. The maximum absolute atomic E-state index is 11.7. The fourth-order valence-electron chi connectivity index (χ4n) is 2.73. The van der Waals surface area contributed by atoms with Gasteiger partial charge in [-0.1, -0.05) is 35.3 Å². The summed E-state index contributed by atoms with van der Waals surface area (Å²) in [5.74, 6) is -1.56. The Hall–Kier alpha value is -2.30. The third-order valence-corrected chi connectivity index (χ3v) is 4.50. The van der Waals surface area contributed by atoms with Crippen molar-refractivity contribution >= 4 is 29.2 Å². The van der Waals surface area contributed by atoms with E-state index in [1.54, 1.807) is 41.1 Å². The number of aryl methyl sites for hydroxylation is 1. The molecular weight excluding hydrogens is 359 g/mol. The van der Waals surface area contributed by atoms with Crippen molar-refractivity contribution in [2.75, 3.05) is 0 Å². The first kappa shape index (κ1) is 17.5. The first-order chi connectivity index (χ1) is 11.9. The van der Waals surface area contributed by atoms with E-state index in [1.807, 2.05) is 25.1 Å². The number of hydrogen-bond acceptors (Lipinski definition) is 2. The topological polar surface area (TPSA) is 55.1 Å². The van der Waals surface area contributed by atoms with E-state index < -0.39 is 11.9 Å². The first-order valence-electron chi connectivity index (χ1n) is 7.74. The molecule has 0 fully saturated rings. The summed E-state index contributed by atoms with van der Waals surface area (Å²) in [5.41, 5.74) is 3.23. The molecular formula is C19H16Cl2N2O2. The second-order valence-corrected chi connectivity index (χ2v) is 6.68. The molecule has 1 heterocycles. The molecule has 0 amide bonds. The highest BCUT2D eigenvalue weighted by Crippen LogP contribution is 2.24. The van der Waals surface area contributed by atoms with Gasteiger partial charge >= 0.3 is 5.97 Å². The molecule has 3 aromatic rings. The molecule has 0 aliphatic heterocycles. The Labute approximate surface area is 155 Å². The monoisotopic (exact) mass is 374 g/mol. The Morgan fingerprint density at radius 1 is 1.08 bits per heavy atom. The summed E-state index contributed by atoms with van der Waals surface area (Å²) < 4.78 is 1.78. The number of halogens is 2. The molecule has 0 aliphatic carbocycles. The van der Waals surface area contributed by atoms with Crippen LogP contribution in [0, 0.1) is 6.92 Å². The lowest BCUT2D eigenvalue weighted by Gasteiger charge is -2.11. The van der Waals surface area contributed by atoms with Gasteiger partial charge in [0.05, 0.1) is 17.3 Å². The molecule has 128 valence electrons. The fraction of sp³-hybridized carbons (Fsp3) is 0.158. The lowest BCUT2D eigenvalue weighted by atomic mass is 9.94. The van der Waals surface area contributed by atoms with Crippen molar-refractivity contribution in [1.29, 1.82) is 0 Å². The molecule has 25 heavy (non-hydrogen) atoms. The highest BCUT2D eigenvalue weighted by atomic mass is 35.5. The van der Waals surface area contributed by atoms with Crippen LogP contribution in [0.5, 0.6) is 0 Å². The number of carboxylic acids is 1. The predicted octanol–water partition coefficient (Wildman–Crippen LogP) is 4.90. The molecule has 3 rings (SSSR count). The van der Waals surface area contributed by atoms with Gasteiger partial charge in [-0.25, -0.2) is 4.68 Å². The maximum Gasteiger partial charge on any atom is 0.311 e. The summed E-state index contributed by atoms with van der Waals surface area (Å²) in [6.07, 6.45) is 0.304. The Kier molecular flexibility index (Phi) is 5.11. The second-order valence-electron chi connectivity index (χ2n) is 5.81. The van der Waals surface area contributed by atoms with E-state index in [4.69, 9.17) is 23.2 Å². The Bertz CT molecular complexity index is 887. The van der Waals surface area contributed by atoms with Crippen LogP contribution in [0.2, 0.25) is 10.0 Å². The molecule has 0 radical (unpaired) electrons. The number of rotatable bonds is 5. The van der Waals surface area contributed by atoms with Crippen molar-refractivity contribution < 1.29 is 9.90 Å². The number of nitrogens with zero attached hydrogens (tertiary/aromatic N) is 2. The minimum atomic E-state index is -0.888. The smallest absolute Gasteiger partial charge is 0.311 e. The lowest BCUT2D eigenvalue weighted by Crippen LogP contribution is -2.15. The summed E-state index contributed by atoms with van der Waals surface area (Å²) in [6, 6.07) is 16.1. The average molecular weight is 375 g/mol. The van der Waals surface area contributed by atoms with Crippen molar-refractivity contribution in [1.82, 2.24) is 9.78 Å². The largest absolute Gasteiger partial charge is 0.481 e. The van der Waals surface area contributed by atoms with Gasteiger partial charge in [-0.15, -0.1) is 0 Å². The molecule has 6 heteroatoms. The third kappa shape index (κ3) is 4.03. The third-order valence-electron chi connectivity index (χ3n) is 3.99. The van der Waals surface area contributed by atoms with E-state index in [9.17, 15) is 9.90 Å². The Morgan fingerprint density at radius 2 is 1.64 bits per heavy atom. The summed E-state index contributed by atoms with van der Waals surface area (Å²) in [7, 11) is 0. The van der Waals surface area contributed by atoms with E-state index in [-0.39, 0.29) is 0 Å². The van der Waals surface area contributed by atoms with Gasteiger partial charge in [0.25, 0.3) is 0 Å². The zero-order valence-electron chi connectivity index (χ0n) is 13.5. The van der Waals surface area contributed by atoms with Crippen LogP contribution in [0.1, 0.15) is 22.9 Å². The lowest BCUT2D eigenvalue weighted by molar-refractivity contribution is -0.138. The number of carbonyl (C=O) groups is 1. The highest BCUT2D eigenvalue weighted by molar-refractivity contribution is 6.30. The molecule has 0 bridgehead atoms. The fourth-order valence-corrected chi connectivity index (χ4v) is 2.99. The molecule has 1 aromatic heterocycles. The van der Waals surface area contributed by atoms with Crippen LogP contribution in [-0.2, 0) is 11.2 Å². The van der Waals surface area contributed by atoms with Crippen molar-refractivity contribution in [3.63, 3.8) is 0 Å². The molecule has 2 aromatic carbocycles. The van der Waals surface area contributed by atoms with Gasteiger partial charge in [-0.05, 0) is 55.0 Å². The quantitative estimate of drug-likeness (QED) is 0.690. The van der Waals surface area contributed by atoms with Gasteiger partial charge in [0.2, 0.25) is 0 Å². The van der Waals surface area contributed by atoms with E-state index in [2.05, 4.69) is 5.10 Å². The van der Waals surface area contributed by atoms with E-state index >= 15 is 0 Å². The summed E-state index contributed by atoms with van der Waals surface area (Å²) in [5, 5.41) is 15.4. The van der Waals surface area contributed by atoms with Crippen molar-refractivity contribution in [2.24, 2.45) is 0 Å². The summed E-state index contributed by atoms with van der Waals surface area (Å²) in [6.45, 7) is 1.93. The van der Waals surface area contributed by atoms with Crippen LogP contribution < -0.4 is 0 Å². The standard InChI is InChI=1S/C19H16Cl2N2O2/c1-12-10-16(22-23(12)17-8-6-15(21)7-9-17)11-18(19(24)25)13-2-4-14(20)5-3-13/h2-10,18H,11H2,1H3,(H,24,25). The van der Waals surface area contributed by atoms with Gasteiger partial charge in [-0.2, -0.15) is 5.10 Å². The van der Waals surface area contributed by atoms with Gasteiger partial charge < -0.3 is 5.11 Å². The molecule has 0 saturated carbocycles. The zero-order valence-corrected chi connectivity index (χ0v) is 15.0. The van der Waals surface area contributed by atoms with Crippen molar-refractivity contribution in [3.8, 4) is 5.69 Å². The molecule has 1 N–H and O–H groups in total. The van der Waals surface area contributed by atoms with Crippen LogP contribution in [0.25, 0.3) is 5.69 Å². The highest BCUT2D eigenvalue weighted by Gasteiger charge is 2.22. The van der Waals surface area contributed by atoms with Crippen molar-refractivity contribution in [3.05, 3.63) is 81.6 Å². The van der Waals surface area contributed by atoms with Crippen LogP contribution in [0.4, 0.5) is 0 Å². The normalized spacial score (nSPS) is 12.1. The van der Waals surface area contributed by atoms with Crippen LogP contribution in [0.3, 0.4) is 0 Å². The van der Waals surface area contributed by atoms with E-state index in [0.717, 1.165) is 17.1 Å². The average Bonchev–Trinajstić information content (AvgIpc) is 2.95. The van der Waals surface area contributed by atoms with Gasteiger partial charge in [0.1, 0.15) is 0 Å². The molecule has 0 saturated heterocycles. The molecule has 0 spiro atoms. The van der Waals surface area contributed by atoms with Gasteiger partial charge in [0, 0.05) is 22.2 Å². The summed E-state index contributed by atoms with van der Waals surface area (Å²) in [4.78, 5) is 11.7. The van der Waals surface area contributed by atoms with Crippen LogP contribution >= 0.6 is 23.2 Å². The Balaban J connectivity index is 1.88. The number of benzene rings is 2. The molecule has 4 nitrogen and oxygen atoms in total. The van der Waals surface area contributed by atoms with E-state index in [0.29, 0.717) is 22.0 Å². The molecule has 0 aliphatic rings. The number of aromatic nitrogens is 2. The maximum atomic E-state index is 11.7. The molecule has 1 unspecified atom stereocenters. The Morgan fingerprint density at radius 3 is 2.20 bits per heavy atom. The second kappa shape index (κ2) is 7.30. The van der Waals surface area contributed by atoms with Crippen molar-refractivity contribution in [2.45, 2.75) is 19.3 Å². The van der Waals surface area contributed by atoms with Crippen LogP contribution in [0.15, 0.2) is 54.6 Å². The van der Waals surface area contributed by atoms with Gasteiger partial charge in [0.15, 0.2) is 0 Å². The number of hydrogen-bond donors (Lipinski definition) is 1. The van der Waals surface area contributed by atoms with Gasteiger partial charge in [-0.3, -0.25) is 4.79 Å². The molecule has 1 atom stereocenters. The van der Waals surface area contributed by atoms with Crippen LogP contribution in [-0.4, -0.2) is 20.9 Å². The first-order valence-corrected chi connectivity index (χ1v) is 8.49. The SMILES string of the molecule is Cc1cc(CC(C(=O)O)c2ccc(Cl)cc2)nn1-c1ccc(Cl)cc1. The number of aliphatic carboxylic acids is 1. The van der Waals surface area contributed by atoms with E-state index in [1.165, 1.54) is 0 Å². The zero-order chi connectivity index (χ0) is 18.0.